The second-order valence-corrected chi connectivity index (χ2v) is 8.33. The van der Waals surface area contributed by atoms with Gasteiger partial charge in [0.05, 0.1) is 12.0 Å². The number of aliphatic hydroxyl groups excluding tert-OH is 1. The van der Waals surface area contributed by atoms with Crippen LogP contribution in [0.3, 0.4) is 0 Å². The molecule has 2 heterocycles. The molecule has 2 fully saturated rings. The fraction of sp³-hybridized carbons (Fsp3) is 0.682. The summed E-state index contributed by atoms with van der Waals surface area (Å²) in [4.78, 5) is 31.1. The van der Waals surface area contributed by atoms with Crippen molar-refractivity contribution in [3.63, 3.8) is 0 Å². The summed E-state index contributed by atoms with van der Waals surface area (Å²) in [5, 5.41) is 8.92. The zero-order valence-corrected chi connectivity index (χ0v) is 17.4. The minimum atomic E-state index is -4.19. The van der Waals surface area contributed by atoms with Crippen molar-refractivity contribution in [3.8, 4) is 5.75 Å². The quantitative estimate of drug-likeness (QED) is 0.620. The van der Waals surface area contributed by atoms with E-state index in [1.54, 1.807) is 17.0 Å². The third kappa shape index (κ3) is 5.96. The molecule has 6 nitrogen and oxygen atoms in total. The van der Waals surface area contributed by atoms with Crippen LogP contribution in [0.5, 0.6) is 5.75 Å². The zero-order chi connectivity index (χ0) is 22.4. The molecular weight excluding hydrogens is 413 g/mol. The number of pyridine rings is 1. The third-order valence-electron chi connectivity index (χ3n) is 6.23. The molecule has 1 N–H and O–H groups in total. The number of alkyl halides is 3. The van der Waals surface area contributed by atoms with Crippen LogP contribution in [0.15, 0.2) is 18.3 Å². The lowest BCUT2D eigenvalue weighted by molar-refractivity contribution is -0.185. The number of nitrogens with zero attached hydrogens (tertiary/aromatic N) is 2. The number of carbonyl (C=O) groups is 2. The molecule has 172 valence electrons. The van der Waals surface area contributed by atoms with E-state index in [1.807, 2.05) is 0 Å². The van der Waals surface area contributed by atoms with Crippen LogP contribution in [0, 0.1) is 11.8 Å². The van der Waals surface area contributed by atoms with Gasteiger partial charge in [0.2, 0.25) is 5.91 Å². The first-order valence-electron chi connectivity index (χ1n) is 10.9. The molecule has 0 radical (unpaired) electrons. The standard InChI is InChI=1S/C22H29F3N2O4/c23-22(24,25)16-9-7-15(8-10-16)21(30)27-12-2-4-17(27)14-31-19-6-1-11-26-20(19)18(29)5-3-13-28/h1,6,11,15-17,28H,2-5,7-10,12-14H2/t15?,16?,17-/m1/s1. The van der Waals surface area contributed by atoms with E-state index >= 15 is 0 Å². The van der Waals surface area contributed by atoms with E-state index in [-0.39, 0.29) is 74.7 Å². The number of carbonyl (C=O) groups excluding carboxylic acids is 2. The number of hydrogen-bond acceptors (Lipinski definition) is 5. The molecule has 1 atom stereocenters. The Labute approximate surface area is 179 Å². The zero-order valence-electron chi connectivity index (χ0n) is 17.4. The Morgan fingerprint density at radius 2 is 1.94 bits per heavy atom. The third-order valence-corrected chi connectivity index (χ3v) is 6.23. The molecule has 1 aromatic rings. The Bertz CT molecular complexity index is 763. The summed E-state index contributed by atoms with van der Waals surface area (Å²) in [7, 11) is 0. The molecule has 0 bridgehead atoms. The summed E-state index contributed by atoms with van der Waals surface area (Å²) in [5.41, 5.74) is 0.206. The Morgan fingerprint density at radius 3 is 2.61 bits per heavy atom. The highest BCUT2D eigenvalue weighted by Crippen LogP contribution is 2.40. The van der Waals surface area contributed by atoms with Gasteiger partial charge in [-0.25, -0.2) is 4.98 Å². The number of ketones is 1. The van der Waals surface area contributed by atoms with Gasteiger partial charge in [-0.2, -0.15) is 13.2 Å². The molecule has 3 rings (SSSR count). The monoisotopic (exact) mass is 442 g/mol. The fourth-order valence-electron chi connectivity index (χ4n) is 4.46. The number of rotatable bonds is 8. The number of likely N-dealkylation sites (tertiary alicyclic amines) is 1. The number of hydrogen-bond donors (Lipinski definition) is 1. The highest BCUT2D eigenvalue weighted by atomic mass is 19.4. The molecule has 0 aromatic carbocycles. The van der Waals surface area contributed by atoms with Gasteiger partial charge >= 0.3 is 6.18 Å². The maximum absolute atomic E-state index is 13.0. The van der Waals surface area contributed by atoms with Gasteiger partial charge in [-0.15, -0.1) is 0 Å². The SMILES string of the molecule is O=C(CCCO)c1ncccc1OC[C@H]1CCCN1C(=O)C1CCC(C(F)(F)F)CC1. The van der Waals surface area contributed by atoms with Crippen molar-refractivity contribution in [1.29, 1.82) is 0 Å². The van der Waals surface area contributed by atoms with Crippen LogP contribution in [0.2, 0.25) is 0 Å². The molecular formula is C22H29F3N2O4. The van der Waals surface area contributed by atoms with Crippen molar-refractivity contribution in [2.75, 3.05) is 19.8 Å². The summed E-state index contributed by atoms with van der Waals surface area (Å²) in [6, 6.07) is 3.14. The van der Waals surface area contributed by atoms with Crippen LogP contribution >= 0.6 is 0 Å². The largest absolute Gasteiger partial charge is 0.489 e. The summed E-state index contributed by atoms with van der Waals surface area (Å²) in [5.74, 6) is -1.63. The first-order chi connectivity index (χ1) is 14.8. The maximum Gasteiger partial charge on any atom is 0.391 e. The molecule has 1 saturated heterocycles. The van der Waals surface area contributed by atoms with E-state index in [1.165, 1.54) is 6.20 Å². The molecule has 1 amide bonds. The normalized spacial score (nSPS) is 24.3. The van der Waals surface area contributed by atoms with Crippen molar-refractivity contribution in [1.82, 2.24) is 9.88 Å². The highest BCUT2D eigenvalue weighted by Gasteiger charge is 2.44. The molecule has 2 aliphatic rings. The summed E-state index contributed by atoms with van der Waals surface area (Å²) in [6.45, 7) is 0.690. The van der Waals surface area contributed by atoms with Crippen LogP contribution in [0.4, 0.5) is 13.2 Å². The lowest BCUT2D eigenvalue weighted by atomic mass is 9.81. The van der Waals surface area contributed by atoms with E-state index in [2.05, 4.69) is 4.98 Å². The molecule has 1 saturated carbocycles. The van der Waals surface area contributed by atoms with E-state index in [0.717, 1.165) is 12.8 Å². The predicted octanol–water partition coefficient (Wildman–Crippen LogP) is 3.78. The van der Waals surface area contributed by atoms with Gasteiger partial charge in [-0.3, -0.25) is 9.59 Å². The number of amides is 1. The van der Waals surface area contributed by atoms with Crippen LogP contribution in [0.1, 0.15) is 61.9 Å². The molecule has 1 aliphatic carbocycles. The van der Waals surface area contributed by atoms with Gasteiger partial charge in [-0.1, -0.05) is 0 Å². The van der Waals surface area contributed by atoms with E-state index < -0.39 is 12.1 Å². The topological polar surface area (TPSA) is 79.7 Å². The first-order valence-corrected chi connectivity index (χ1v) is 10.9. The fourth-order valence-corrected chi connectivity index (χ4v) is 4.46. The molecule has 1 aliphatic heterocycles. The van der Waals surface area contributed by atoms with Crippen molar-refractivity contribution in [3.05, 3.63) is 24.0 Å². The van der Waals surface area contributed by atoms with Crippen molar-refractivity contribution >= 4 is 11.7 Å². The average Bonchev–Trinajstić information content (AvgIpc) is 3.24. The molecule has 0 unspecified atom stereocenters. The Balaban J connectivity index is 1.57. The number of aliphatic hydroxyl groups is 1. The first kappa shape index (κ1) is 23.5. The van der Waals surface area contributed by atoms with Crippen LogP contribution in [0.25, 0.3) is 0 Å². The molecule has 1 aromatic heterocycles. The van der Waals surface area contributed by atoms with Gasteiger partial charge in [-0.05, 0) is 57.1 Å². The minimum absolute atomic E-state index is 0.00388. The van der Waals surface area contributed by atoms with Gasteiger partial charge in [0, 0.05) is 31.7 Å². The number of halogens is 3. The molecule has 31 heavy (non-hydrogen) atoms. The lowest BCUT2D eigenvalue weighted by Gasteiger charge is -2.33. The second-order valence-electron chi connectivity index (χ2n) is 8.33. The smallest absolute Gasteiger partial charge is 0.391 e. The average molecular weight is 442 g/mol. The number of Topliss-reactive ketones (excluding diaryl/α,β-unsaturated/α-hetero) is 1. The molecule has 9 heteroatoms. The van der Waals surface area contributed by atoms with E-state index in [9.17, 15) is 22.8 Å². The van der Waals surface area contributed by atoms with E-state index in [4.69, 9.17) is 9.84 Å². The summed E-state index contributed by atoms with van der Waals surface area (Å²) >= 11 is 0. The summed E-state index contributed by atoms with van der Waals surface area (Å²) in [6.07, 6.45) is -0.0818. The minimum Gasteiger partial charge on any atom is -0.489 e. The van der Waals surface area contributed by atoms with Crippen LogP contribution < -0.4 is 4.74 Å². The Hall–Kier alpha value is -2.16. The maximum atomic E-state index is 13.0. The Kier molecular flexibility index (Phi) is 7.91. The summed E-state index contributed by atoms with van der Waals surface area (Å²) < 4.78 is 44.6. The van der Waals surface area contributed by atoms with Gasteiger partial charge in [0.1, 0.15) is 18.1 Å². The highest BCUT2D eigenvalue weighted by molar-refractivity contribution is 5.96. The second kappa shape index (κ2) is 10.4. The van der Waals surface area contributed by atoms with Crippen molar-refractivity contribution in [2.24, 2.45) is 11.8 Å². The van der Waals surface area contributed by atoms with Gasteiger partial charge in [0.15, 0.2) is 5.78 Å². The lowest BCUT2D eigenvalue weighted by Crippen LogP contribution is -2.44. The van der Waals surface area contributed by atoms with Gasteiger partial charge in [0.25, 0.3) is 0 Å². The van der Waals surface area contributed by atoms with Crippen molar-refractivity contribution in [2.45, 2.75) is 63.6 Å². The van der Waals surface area contributed by atoms with Crippen LogP contribution in [-0.4, -0.2) is 58.7 Å². The van der Waals surface area contributed by atoms with E-state index in [0.29, 0.717) is 18.7 Å². The predicted molar refractivity (Wildman–Crippen MR) is 107 cm³/mol. The van der Waals surface area contributed by atoms with Gasteiger partial charge < -0.3 is 14.7 Å². The Morgan fingerprint density at radius 1 is 1.19 bits per heavy atom. The van der Waals surface area contributed by atoms with Crippen molar-refractivity contribution < 1.29 is 32.6 Å². The number of ether oxygens (including phenoxy) is 1. The molecule has 0 spiro atoms. The number of aromatic nitrogens is 1. The van der Waals surface area contributed by atoms with Crippen LogP contribution in [-0.2, 0) is 4.79 Å².